The highest BCUT2D eigenvalue weighted by atomic mass is 16.6. The van der Waals surface area contributed by atoms with Crippen LogP contribution in [0.5, 0.6) is 0 Å². The van der Waals surface area contributed by atoms with E-state index >= 15 is 0 Å². The summed E-state index contributed by atoms with van der Waals surface area (Å²) in [7, 11) is 0. The van der Waals surface area contributed by atoms with Crippen molar-refractivity contribution in [1.29, 1.82) is 0 Å². The molecule has 0 aliphatic heterocycles. The molecule has 0 N–H and O–H groups in total. The molecule has 0 saturated carbocycles. The summed E-state index contributed by atoms with van der Waals surface area (Å²) in [5.74, 6) is -3.79. The Labute approximate surface area is 282 Å². The molecular formula is C34H48O14. The zero-order chi connectivity index (χ0) is 36.5. The number of esters is 7. The van der Waals surface area contributed by atoms with Crippen molar-refractivity contribution in [1.82, 2.24) is 0 Å². The first-order valence-corrected chi connectivity index (χ1v) is 13.9. The fourth-order valence-corrected chi connectivity index (χ4v) is 2.35. The average Bonchev–Trinajstić information content (AvgIpc) is 3.10. The summed E-state index contributed by atoms with van der Waals surface area (Å²) < 4.78 is 33.4. The van der Waals surface area contributed by atoms with Crippen molar-refractivity contribution >= 4 is 41.8 Å². The monoisotopic (exact) mass is 680 g/mol. The molecule has 0 heterocycles. The lowest BCUT2D eigenvalue weighted by Gasteiger charge is -2.30. The van der Waals surface area contributed by atoms with Crippen LogP contribution >= 0.6 is 0 Å². The molecule has 0 aromatic heterocycles. The van der Waals surface area contributed by atoms with Crippen LogP contribution in [0.2, 0.25) is 0 Å². The van der Waals surface area contributed by atoms with Gasteiger partial charge in [0.05, 0.1) is 18.6 Å². The van der Waals surface area contributed by atoms with Crippen molar-refractivity contribution in [3.63, 3.8) is 0 Å². The summed E-state index contributed by atoms with van der Waals surface area (Å²) >= 11 is 0. The second-order valence-corrected chi connectivity index (χ2v) is 8.48. The van der Waals surface area contributed by atoms with E-state index in [1.165, 1.54) is 0 Å². The summed E-state index contributed by atoms with van der Waals surface area (Å²) in [6.45, 7) is 25.0. The predicted octanol–water partition coefficient (Wildman–Crippen LogP) is 3.88. The van der Waals surface area contributed by atoms with Crippen LogP contribution in [0.25, 0.3) is 0 Å². The number of unbranched alkanes of at least 4 members (excludes halogenated alkanes) is 1. The maximum atomic E-state index is 11.2. The zero-order valence-electron chi connectivity index (χ0n) is 26.8. The smallest absolute Gasteiger partial charge is 0.330 e. The molecule has 14 heteroatoms. The summed E-state index contributed by atoms with van der Waals surface area (Å²) in [5.41, 5.74) is -0.837. The van der Waals surface area contributed by atoms with Gasteiger partial charge < -0.3 is 33.2 Å². The first-order valence-electron chi connectivity index (χ1n) is 13.9. The number of carbonyl (C=O) groups is 7. The Morgan fingerprint density at radius 2 is 0.625 bits per heavy atom. The maximum Gasteiger partial charge on any atom is 0.330 e. The standard InChI is InChI=1S/C15H20O6.C10H14O4.C8H10O4.CH4/c1-5-12(16)19-9-15(8-4,10-20-13(17)6-2)11-21-14(18)7-3;1-3-9(11)13-7-5-6-8-14-10(12)4-2;1-3-7(9)11-5-6-12-8(10)4-2;/h5-7H,1-3,8-11H2,4H3;3-4H,1-2,5-8H2;3-4H,1-2,5-6H2;1H4. The molecule has 0 fully saturated rings. The second kappa shape index (κ2) is 32.9. The molecule has 48 heavy (non-hydrogen) atoms. The van der Waals surface area contributed by atoms with Gasteiger partial charge in [0.1, 0.15) is 33.0 Å². The lowest BCUT2D eigenvalue weighted by molar-refractivity contribution is -0.156. The van der Waals surface area contributed by atoms with Gasteiger partial charge in [0, 0.05) is 42.5 Å². The fraction of sp³-hybridized carbons (Fsp3) is 0.382. The molecule has 0 aromatic rings. The van der Waals surface area contributed by atoms with E-state index in [1.807, 2.05) is 0 Å². The maximum absolute atomic E-state index is 11.2. The third-order valence-corrected chi connectivity index (χ3v) is 5.08. The molecular weight excluding hydrogens is 632 g/mol. The van der Waals surface area contributed by atoms with E-state index < -0.39 is 47.2 Å². The van der Waals surface area contributed by atoms with Crippen molar-refractivity contribution < 1.29 is 66.7 Å². The van der Waals surface area contributed by atoms with E-state index in [0.717, 1.165) is 42.5 Å². The Balaban J connectivity index is -0.000000314. The van der Waals surface area contributed by atoms with Gasteiger partial charge in [-0.05, 0) is 19.3 Å². The number of carbonyl (C=O) groups excluding carboxylic acids is 7. The van der Waals surface area contributed by atoms with Crippen LogP contribution in [0, 0.1) is 5.41 Å². The van der Waals surface area contributed by atoms with Crippen LogP contribution in [-0.4, -0.2) is 88.0 Å². The van der Waals surface area contributed by atoms with E-state index in [1.54, 1.807) is 6.92 Å². The number of rotatable bonds is 22. The third-order valence-electron chi connectivity index (χ3n) is 5.08. The van der Waals surface area contributed by atoms with Crippen LogP contribution in [0.15, 0.2) is 88.6 Å². The van der Waals surface area contributed by atoms with E-state index in [9.17, 15) is 33.6 Å². The van der Waals surface area contributed by atoms with Crippen LogP contribution in [0.3, 0.4) is 0 Å². The van der Waals surface area contributed by atoms with Gasteiger partial charge in [0.2, 0.25) is 0 Å². The lowest BCUT2D eigenvalue weighted by atomic mass is 9.88. The largest absolute Gasteiger partial charge is 0.463 e. The summed E-state index contributed by atoms with van der Waals surface area (Å²) in [4.78, 5) is 75.5. The molecule has 0 rings (SSSR count). The van der Waals surface area contributed by atoms with Gasteiger partial charge in [0.25, 0.3) is 0 Å². The Hall–Kier alpha value is -5.53. The van der Waals surface area contributed by atoms with Gasteiger partial charge in [0.15, 0.2) is 0 Å². The second-order valence-electron chi connectivity index (χ2n) is 8.48. The number of hydrogen-bond acceptors (Lipinski definition) is 14. The zero-order valence-corrected chi connectivity index (χ0v) is 26.8. The van der Waals surface area contributed by atoms with Crippen molar-refractivity contribution in [3.8, 4) is 0 Å². The minimum Gasteiger partial charge on any atom is -0.463 e. The van der Waals surface area contributed by atoms with Crippen molar-refractivity contribution in [3.05, 3.63) is 88.6 Å². The molecule has 0 saturated heterocycles. The van der Waals surface area contributed by atoms with E-state index in [0.29, 0.717) is 32.5 Å². The van der Waals surface area contributed by atoms with E-state index in [-0.39, 0.29) is 40.5 Å². The summed E-state index contributed by atoms with van der Waals surface area (Å²) in [6.07, 6.45) is 9.12. The lowest BCUT2D eigenvalue weighted by Crippen LogP contribution is -2.38. The Morgan fingerprint density at radius 1 is 0.417 bits per heavy atom. The number of hydrogen-bond donors (Lipinski definition) is 0. The van der Waals surface area contributed by atoms with E-state index in [4.69, 9.17) is 23.7 Å². The molecule has 0 atom stereocenters. The molecule has 0 spiro atoms. The molecule has 0 bridgehead atoms. The quantitative estimate of drug-likeness (QED) is 0.0694. The molecule has 0 amide bonds. The Bertz CT molecular complexity index is 997. The predicted molar refractivity (Wildman–Crippen MR) is 177 cm³/mol. The molecule has 0 unspecified atom stereocenters. The van der Waals surface area contributed by atoms with Gasteiger partial charge in [-0.15, -0.1) is 0 Å². The summed E-state index contributed by atoms with van der Waals surface area (Å²) in [6, 6.07) is 0. The number of ether oxygens (including phenoxy) is 7. The molecule has 0 aliphatic rings. The van der Waals surface area contributed by atoms with Gasteiger partial charge in [-0.25, -0.2) is 33.6 Å². The summed E-state index contributed by atoms with van der Waals surface area (Å²) in [5, 5.41) is 0. The molecule has 268 valence electrons. The first-order chi connectivity index (χ1) is 22.3. The van der Waals surface area contributed by atoms with E-state index in [2.05, 4.69) is 55.5 Å². The highest BCUT2D eigenvalue weighted by molar-refractivity contribution is 5.83. The van der Waals surface area contributed by atoms with Crippen molar-refractivity contribution in [2.24, 2.45) is 5.41 Å². The van der Waals surface area contributed by atoms with Crippen LogP contribution in [0.4, 0.5) is 0 Å². The molecule has 0 aromatic carbocycles. The van der Waals surface area contributed by atoms with Gasteiger partial charge in [-0.1, -0.05) is 60.4 Å². The third kappa shape index (κ3) is 30.5. The fourth-order valence-electron chi connectivity index (χ4n) is 2.35. The minimum atomic E-state index is -0.837. The van der Waals surface area contributed by atoms with Crippen molar-refractivity contribution in [2.75, 3.05) is 46.2 Å². The molecule has 0 radical (unpaired) electrons. The van der Waals surface area contributed by atoms with Gasteiger partial charge in [-0.2, -0.15) is 0 Å². The van der Waals surface area contributed by atoms with Gasteiger partial charge >= 0.3 is 41.8 Å². The highest BCUT2D eigenvalue weighted by Gasteiger charge is 2.33. The van der Waals surface area contributed by atoms with Gasteiger partial charge in [-0.3, -0.25) is 0 Å². The molecule has 0 aliphatic carbocycles. The highest BCUT2D eigenvalue weighted by Crippen LogP contribution is 2.24. The Morgan fingerprint density at radius 3 is 0.833 bits per heavy atom. The normalized spacial score (nSPS) is 9.10. The van der Waals surface area contributed by atoms with Crippen LogP contribution in [-0.2, 0) is 66.7 Å². The average molecular weight is 681 g/mol. The molecule has 14 nitrogen and oxygen atoms in total. The van der Waals surface area contributed by atoms with Crippen molar-refractivity contribution in [2.45, 2.75) is 33.6 Å². The first kappa shape index (κ1) is 49.4. The SMILES string of the molecule is C.C=CC(=O)OCC(CC)(COC(=O)C=C)COC(=O)C=C.C=CC(=O)OCCCCOC(=O)C=C.C=CC(=O)OCCOC(=O)C=C. The van der Waals surface area contributed by atoms with Crippen LogP contribution in [0.1, 0.15) is 33.6 Å². The topological polar surface area (TPSA) is 184 Å². The minimum absolute atomic E-state index is 0. The van der Waals surface area contributed by atoms with Crippen LogP contribution < -0.4 is 0 Å². The Kier molecular flexibility index (Phi) is 33.8.